The van der Waals surface area contributed by atoms with Crippen LogP contribution in [0, 0.1) is 0 Å². The van der Waals surface area contributed by atoms with Gasteiger partial charge in [0.05, 0.1) is 18.0 Å². The Morgan fingerprint density at radius 2 is 1.94 bits per heavy atom. The molecule has 6 heteroatoms. The van der Waals surface area contributed by atoms with E-state index in [-0.39, 0.29) is 0 Å². The van der Waals surface area contributed by atoms with E-state index < -0.39 is 0 Å². The van der Waals surface area contributed by atoms with Gasteiger partial charge in [0.15, 0.2) is 11.6 Å². The molecule has 0 unspecified atom stereocenters. The van der Waals surface area contributed by atoms with Crippen LogP contribution in [-0.4, -0.2) is 20.3 Å². The Bertz CT molecular complexity index is 651. The number of nitrogen functional groups attached to an aromatic ring is 1. The van der Waals surface area contributed by atoms with Crippen molar-refractivity contribution in [1.29, 1.82) is 0 Å². The van der Waals surface area contributed by atoms with Gasteiger partial charge in [-0.25, -0.2) is 0 Å². The highest BCUT2D eigenvalue weighted by Gasteiger charge is 2.17. The molecule has 3 rings (SSSR count). The quantitative estimate of drug-likeness (QED) is 0.732. The van der Waals surface area contributed by atoms with Crippen molar-refractivity contribution in [3.8, 4) is 22.5 Å². The van der Waals surface area contributed by atoms with Gasteiger partial charge >= 0.3 is 0 Å². The lowest BCUT2D eigenvalue weighted by molar-refractivity contribution is 0.436. The number of aromatic nitrogens is 4. The average molecular weight is 239 g/mol. The predicted octanol–water partition coefficient (Wildman–Crippen LogP) is 1.78. The van der Waals surface area contributed by atoms with Gasteiger partial charge in [0.1, 0.15) is 0 Å². The first-order valence-electron chi connectivity index (χ1n) is 5.29. The second-order valence-electron chi connectivity index (χ2n) is 3.64. The number of rotatable bonds is 2. The third-order valence-electron chi connectivity index (χ3n) is 2.52. The van der Waals surface area contributed by atoms with E-state index in [4.69, 9.17) is 10.3 Å². The van der Waals surface area contributed by atoms with Crippen molar-refractivity contribution >= 4 is 5.82 Å². The van der Waals surface area contributed by atoms with Crippen LogP contribution in [0.15, 0.2) is 47.5 Å². The van der Waals surface area contributed by atoms with Crippen molar-refractivity contribution in [2.24, 2.45) is 0 Å². The summed E-state index contributed by atoms with van der Waals surface area (Å²) in [4.78, 5) is 4.06. The molecule has 0 amide bonds. The maximum absolute atomic E-state index is 5.84. The minimum Gasteiger partial charge on any atom is -0.380 e. The molecule has 88 valence electrons. The fourth-order valence-corrected chi connectivity index (χ4v) is 1.71. The van der Waals surface area contributed by atoms with Crippen LogP contribution in [0.2, 0.25) is 0 Å². The van der Waals surface area contributed by atoms with Crippen LogP contribution in [0.4, 0.5) is 5.82 Å². The zero-order chi connectivity index (χ0) is 12.4. The van der Waals surface area contributed by atoms with Crippen molar-refractivity contribution < 1.29 is 4.52 Å². The number of nitrogens with two attached hydrogens (primary N) is 1. The van der Waals surface area contributed by atoms with Crippen molar-refractivity contribution in [2.45, 2.75) is 0 Å². The van der Waals surface area contributed by atoms with Crippen molar-refractivity contribution in [1.82, 2.24) is 20.3 Å². The zero-order valence-corrected chi connectivity index (χ0v) is 9.32. The highest BCUT2D eigenvalue weighted by atomic mass is 16.5. The molecule has 3 aromatic rings. The largest absolute Gasteiger partial charge is 0.380 e. The fourth-order valence-electron chi connectivity index (χ4n) is 1.71. The lowest BCUT2D eigenvalue weighted by atomic mass is 10.0. The molecule has 3 aromatic heterocycles. The number of hydrogen-bond donors (Lipinski definition) is 1. The molecule has 2 N–H and O–H groups in total. The molecule has 3 heterocycles. The van der Waals surface area contributed by atoms with E-state index in [1.807, 2.05) is 12.1 Å². The van der Waals surface area contributed by atoms with E-state index in [1.54, 1.807) is 30.9 Å². The van der Waals surface area contributed by atoms with E-state index in [1.165, 1.54) is 0 Å². The van der Waals surface area contributed by atoms with E-state index >= 15 is 0 Å². The van der Waals surface area contributed by atoms with Crippen LogP contribution in [0.3, 0.4) is 0 Å². The summed E-state index contributed by atoms with van der Waals surface area (Å²) in [5, 5.41) is 11.3. The van der Waals surface area contributed by atoms with Crippen LogP contribution in [0.25, 0.3) is 22.5 Å². The normalized spacial score (nSPS) is 10.4. The standard InChI is InChI=1S/C12H9N5O/c13-12-10(8-2-1-4-14-6-8)11(18-17-12)9-3-5-15-16-7-9/h1-7H,(H2,13,17). The molecule has 0 aromatic carbocycles. The first-order chi connectivity index (χ1) is 8.86. The van der Waals surface area contributed by atoms with Crippen LogP contribution in [-0.2, 0) is 0 Å². The zero-order valence-electron chi connectivity index (χ0n) is 9.32. The van der Waals surface area contributed by atoms with Crippen molar-refractivity contribution in [3.05, 3.63) is 43.0 Å². The maximum Gasteiger partial charge on any atom is 0.178 e. The van der Waals surface area contributed by atoms with E-state index in [0.29, 0.717) is 11.6 Å². The van der Waals surface area contributed by atoms with Crippen LogP contribution in [0.5, 0.6) is 0 Å². The molecule has 0 spiro atoms. The fraction of sp³-hybridized carbons (Fsp3) is 0. The lowest BCUT2D eigenvalue weighted by Crippen LogP contribution is -1.89. The van der Waals surface area contributed by atoms with E-state index in [9.17, 15) is 0 Å². The van der Waals surface area contributed by atoms with Gasteiger partial charge in [-0.15, -0.1) is 0 Å². The number of pyridine rings is 1. The van der Waals surface area contributed by atoms with Gasteiger partial charge in [-0.05, 0) is 12.1 Å². The Morgan fingerprint density at radius 1 is 1.00 bits per heavy atom. The molecular weight excluding hydrogens is 230 g/mol. The molecule has 0 aliphatic rings. The molecule has 0 radical (unpaired) electrons. The molecule has 6 nitrogen and oxygen atoms in total. The van der Waals surface area contributed by atoms with Gasteiger partial charge in [-0.2, -0.15) is 10.2 Å². The Balaban J connectivity index is 2.19. The minimum absolute atomic E-state index is 0.329. The van der Waals surface area contributed by atoms with E-state index in [2.05, 4.69) is 20.3 Å². The second kappa shape index (κ2) is 4.25. The molecule has 0 saturated heterocycles. The van der Waals surface area contributed by atoms with Gasteiger partial charge in [0.25, 0.3) is 0 Å². The highest BCUT2D eigenvalue weighted by Crippen LogP contribution is 2.35. The summed E-state index contributed by atoms with van der Waals surface area (Å²) in [6.45, 7) is 0. The summed E-state index contributed by atoms with van der Waals surface area (Å²) in [5.41, 5.74) is 8.18. The molecule has 0 aliphatic heterocycles. The topological polar surface area (TPSA) is 90.7 Å². The van der Waals surface area contributed by atoms with E-state index in [0.717, 1.165) is 16.7 Å². The van der Waals surface area contributed by atoms with Crippen LogP contribution < -0.4 is 5.73 Å². The van der Waals surface area contributed by atoms with Crippen LogP contribution in [0.1, 0.15) is 0 Å². The van der Waals surface area contributed by atoms with Gasteiger partial charge in [-0.3, -0.25) is 4.98 Å². The lowest BCUT2D eigenvalue weighted by Gasteiger charge is -2.01. The number of hydrogen-bond acceptors (Lipinski definition) is 6. The number of anilines is 1. The van der Waals surface area contributed by atoms with Gasteiger partial charge < -0.3 is 10.3 Å². The highest BCUT2D eigenvalue weighted by molar-refractivity contribution is 5.85. The van der Waals surface area contributed by atoms with Crippen LogP contribution >= 0.6 is 0 Å². The summed E-state index contributed by atoms with van der Waals surface area (Å²) < 4.78 is 5.27. The van der Waals surface area contributed by atoms with Crippen molar-refractivity contribution in [3.63, 3.8) is 0 Å². The van der Waals surface area contributed by atoms with Gasteiger partial charge in [-0.1, -0.05) is 11.2 Å². The first kappa shape index (κ1) is 10.4. The predicted molar refractivity (Wildman–Crippen MR) is 65.2 cm³/mol. The van der Waals surface area contributed by atoms with Gasteiger partial charge in [0.2, 0.25) is 0 Å². The maximum atomic E-state index is 5.84. The van der Waals surface area contributed by atoms with Crippen molar-refractivity contribution in [2.75, 3.05) is 5.73 Å². The molecule has 0 saturated carbocycles. The second-order valence-corrected chi connectivity index (χ2v) is 3.64. The molecule has 0 bridgehead atoms. The Morgan fingerprint density at radius 3 is 2.67 bits per heavy atom. The Labute approximate surface area is 102 Å². The summed E-state index contributed by atoms with van der Waals surface area (Å²) in [6.07, 6.45) is 6.59. The SMILES string of the molecule is Nc1noc(-c2ccnnc2)c1-c1cccnc1. The first-order valence-corrected chi connectivity index (χ1v) is 5.29. The Kier molecular flexibility index (Phi) is 2.45. The third-order valence-corrected chi connectivity index (χ3v) is 2.52. The molecule has 18 heavy (non-hydrogen) atoms. The summed E-state index contributed by atoms with van der Waals surface area (Å²) >= 11 is 0. The Hall–Kier alpha value is -2.76. The minimum atomic E-state index is 0.329. The third kappa shape index (κ3) is 1.69. The summed E-state index contributed by atoms with van der Waals surface area (Å²) in [5.74, 6) is 0.894. The van der Waals surface area contributed by atoms with Gasteiger partial charge in [0, 0.05) is 23.5 Å². The molecular formula is C12H9N5O. The average Bonchev–Trinajstić information content (AvgIpc) is 2.83. The smallest absolute Gasteiger partial charge is 0.178 e. The number of nitrogens with zero attached hydrogens (tertiary/aromatic N) is 4. The molecule has 0 atom stereocenters. The molecule has 0 aliphatic carbocycles. The summed E-state index contributed by atoms with van der Waals surface area (Å²) in [6, 6.07) is 5.51. The summed E-state index contributed by atoms with van der Waals surface area (Å²) in [7, 11) is 0. The monoisotopic (exact) mass is 239 g/mol. The molecule has 0 fully saturated rings.